The quantitative estimate of drug-likeness (QED) is 0.476. The molecule has 1 aromatic rings. The fraction of sp³-hybridized carbons (Fsp3) is 0.467. The minimum Gasteiger partial charge on any atom is -0.479 e. The molecule has 1 unspecified atom stereocenters. The zero-order valence-corrected chi connectivity index (χ0v) is 13.9. The molecule has 2 amide bonds. The molecule has 132 valence electrons. The number of carbonyl (C=O) groups is 2. The molecule has 0 aliphatic rings. The van der Waals surface area contributed by atoms with Gasteiger partial charge < -0.3 is 20.8 Å². The largest absolute Gasteiger partial charge is 0.479 e. The third-order valence-corrected chi connectivity index (χ3v) is 3.31. The lowest BCUT2D eigenvalue weighted by Crippen LogP contribution is -2.47. The van der Waals surface area contributed by atoms with E-state index in [-0.39, 0.29) is 11.4 Å². The van der Waals surface area contributed by atoms with Gasteiger partial charge in [0.15, 0.2) is 5.60 Å². The summed E-state index contributed by atoms with van der Waals surface area (Å²) in [6.45, 7) is 6.03. The molecule has 1 rings (SSSR count). The minimum absolute atomic E-state index is 0.127. The number of rotatable bonds is 5. The maximum absolute atomic E-state index is 11.7. The zero-order chi connectivity index (χ0) is 18.7. The van der Waals surface area contributed by atoms with E-state index in [0.717, 1.165) is 6.92 Å². The van der Waals surface area contributed by atoms with Crippen LogP contribution in [-0.2, 0) is 10.2 Å². The summed E-state index contributed by atoms with van der Waals surface area (Å²) in [5.41, 5.74) is -1.98. The topological polar surface area (TPSA) is 142 Å². The van der Waals surface area contributed by atoms with Crippen molar-refractivity contribution >= 4 is 23.4 Å². The van der Waals surface area contributed by atoms with Gasteiger partial charge in [-0.1, -0.05) is 20.8 Å². The second-order valence-electron chi connectivity index (χ2n) is 6.63. The molecule has 0 saturated heterocycles. The molecule has 9 nitrogen and oxygen atoms in total. The molecule has 0 saturated carbocycles. The normalized spacial score (nSPS) is 13.7. The molecule has 0 spiro atoms. The summed E-state index contributed by atoms with van der Waals surface area (Å²) in [5.74, 6) is -1.48. The van der Waals surface area contributed by atoms with Crippen molar-refractivity contribution in [3.63, 3.8) is 0 Å². The number of hydrogen-bond acceptors (Lipinski definition) is 5. The van der Waals surface area contributed by atoms with Gasteiger partial charge in [-0.05, 0) is 24.5 Å². The second-order valence-corrected chi connectivity index (χ2v) is 6.63. The number of urea groups is 1. The van der Waals surface area contributed by atoms with Gasteiger partial charge in [0, 0.05) is 17.3 Å². The molecule has 1 aromatic carbocycles. The van der Waals surface area contributed by atoms with Crippen LogP contribution in [-0.4, -0.2) is 39.3 Å². The Hall–Kier alpha value is -2.68. The van der Waals surface area contributed by atoms with Crippen LogP contribution in [0.5, 0.6) is 0 Å². The Morgan fingerprint density at radius 3 is 2.29 bits per heavy atom. The highest BCUT2D eigenvalue weighted by Crippen LogP contribution is 2.33. The SMILES string of the molecule is CC(O)(CNC(=O)Nc1ccc(C(C)(C)C)c([N+](=O)[O-])c1)C(=O)O. The smallest absolute Gasteiger partial charge is 0.337 e. The summed E-state index contributed by atoms with van der Waals surface area (Å²) in [5, 5.41) is 34.1. The maximum Gasteiger partial charge on any atom is 0.337 e. The summed E-state index contributed by atoms with van der Waals surface area (Å²) in [4.78, 5) is 33.2. The molecule has 4 N–H and O–H groups in total. The van der Waals surface area contributed by atoms with E-state index in [1.165, 1.54) is 12.1 Å². The van der Waals surface area contributed by atoms with Crippen molar-refractivity contribution in [3.8, 4) is 0 Å². The standard InChI is InChI=1S/C15H21N3O6/c1-14(2,3)10-6-5-9(7-11(10)18(23)24)17-13(21)16-8-15(4,22)12(19)20/h5-7,22H,8H2,1-4H3,(H,19,20)(H2,16,17,21). The molecule has 24 heavy (non-hydrogen) atoms. The van der Waals surface area contributed by atoms with Crippen molar-refractivity contribution in [3.05, 3.63) is 33.9 Å². The number of nitrogens with one attached hydrogen (secondary N) is 2. The van der Waals surface area contributed by atoms with Gasteiger partial charge in [-0.15, -0.1) is 0 Å². The predicted octanol–water partition coefficient (Wildman–Crippen LogP) is 1.85. The number of nitrogens with zero attached hydrogens (tertiary/aromatic N) is 1. The zero-order valence-electron chi connectivity index (χ0n) is 13.9. The highest BCUT2D eigenvalue weighted by molar-refractivity contribution is 5.90. The maximum atomic E-state index is 11.7. The molecular weight excluding hydrogens is 318 g/mol. The number of carbonyl (C=O) groups excluding carboxylic acids is 1. The number of benzene rings is 1. The number of carboxylic acid groups (broad SMARTS) is 1. The van der Waals surface area contributed by atoms with E-state index in [9.17, 15) is 24.8 Å². The molecule has 0 bridgehead atoms. The van der Waals surface area contributed by atoms with Crippen molar-refractivity contribution in [2.24, 2.45) is 0 Å². The van der Waals surface area contributed by atoms with Crippen LogP contribution in [0.4, 0.5) is 16.2 Å². The third kappa shape index (κ3) is 4.92. The molecular formula is C15H21N3O6. The van der Waals surface area contributed by atoms with Crippen LogP contribution in [0.2, 0.25) is 0 Å². The molecule has 1 atom stereocenters. The number of carboxylic acids is 1. The average molecular weight is 339 g/mol. The number of amides is 2. The molecule has 0 aliphatic carbocycles. The predicted molar refractivity (Wildman–Crippen MR) is 87.1 cm³/mol. The first-order valence-electron chi connectivity index (χ1n) is 7.14. The average Bonchev–Trinajstić information content (AvgIpc) is 2.43. The van der Waals surface area contributed by atoms with Crippen molar-refractivity contribution in [2.45, 2.75) is 38.7 Å². The summed E-state index contributed by atoms with van der Waals surface area (Å²) >= 11 is 0. The van der Waals surface area contributed by atoms with Gasteiger partial charge >= 0.3 is 12.0 Å². The Balaban J connectivity index is 2.89. The van der Waals surface area contributed by atoms with E-state index < -0.39 is 34.5 Å². The van der Waals surface area contributed by atoms with Crippen molar-refractivity contribution in [2.75, 3.05) is 11.9 Å². The molecule has 0 fully saturated rings. The van der Waals surface area contributed by atoms with Gasteiger partial charge in [-0.25, -0.2) is 9.59 Å². The van der Waals surface area contributed by atoms with Gasteiger partial charge in [-0.3, -0.25) is 10.1 Å². The number of nitro benzene ring substituents is 1. The third-order valence-electron chi connectivity index (χ3n) is 3.31. The summed E-state index contributed by atoms with van der Waals surface area (Å²) in [7, 11) is 0. The van der Waals surface area contributed by atoms with Crippen molar-refractivity contribution in [1.29, 1.82) is 0 Å². The van der Waals surface area contributed by atoms with E-state index >= 15 is 0 Å². The molecule has 0 heterocycles. The van der Waals surface area contributed by atoms with Crippen LogP contribution in [0.1, 0.15) is 33.3 Å². The Kier molecular flexibility index (Phi) is 5.51. The number of aliphatic hydroxyl groups is 1. The molecule has 0 aliphatic heterocycles. The lowest BCUT2D eigenvalue weighted by Gasteiger charge is -2.20. The van der Waals surface area contributed by atoms with Gasteiger partial charge in [-0.2, -0.15) is 0 Å². The first-order chi connectivity index (χ1) is 10.8. The van der Waals surface area contributed by atoms with Crippen LogP contribution in [0.25, 0.3) is 0 Å². The van der Waals surface area contributed by atoms with Crippen LogP contribution in [0.15, 0.2) is 18.2 Å². The highest BCUT2D eigenvalue weighted by Gasteiger charge is 2.30. The second kappa shape index (κ2) is 6.83. The Labute approximate surface area is 138 Å². The first-order valence-corrected chi connectivity index (χ1v) is 7.14. The van der Waals surface area contributed by atoms with E-state index in [1.54, 1.807) is 6.07 Å². The fourth-order valence-electron chi connectivity index (χ4n) is 1.90. The van der Waals surface area contributed by atoms with Crippen LogP contribution >= 0.6 is 0 Å². The van der Waals surface area contributed by atoms with Gasteiger partial charge in [0.25, 0.3) is 5.69 Å². The number of aliphatic carboxylic acids is 1. The lowest BCUT2D eigenvalue weighted by molar-refractivity contribution is -0.385. The summed E-state index contributed by atoms with van der Waals surface area (Å²) < 4.78 is 0. The Morgan fingerprint density at radius 2 is 1.83 bits per heavy atom. The van der Waals surface area contributed by atoms with Gasteiger partial charge in [0.1, 0.15) is 0 Å². The van der Waals surface area contributed by atoms with Crippen LogP contribution < -0.4 is 10.6 Å². The number of anilines is 1. The van der Waals surface area contributed by atoms with Gasteiger partial charge in [0.05, 0.1) is 11.5 Å². The highest BCUT2D eigenvalue weighted by atomic mass is 16.6. The number of hydrogen-bond donors (Lipinski definition) is 4. The van der Waals surface area contributed by atoms with E-state index in [0.29, 0.717) is 5.56 Å². The Bertz CT molecular complexity index is 664. The monoisotopic (exact) mass is 339 g/mol. The lowest BCUT2D eigenvalue weighted by atomic mass is 9.85. The van der Waals surface area contributed by atoms with E-state index in [4.69, 9.17) is 5.11 Å². The Morgan fingerprint density at radius 1 is 1.25 bits per heavy atom. The van der Waals surface area contributed by atoms with E-state index in [2.05, 4.69) is 10.6 Å². The summed E-state index contributed by atoms with van der Waals surface area (Å²) in [6, 6.07) is 3.52. The van der Waals surface area contributed by atoms with Gasteiger partial charge in [0.2, 0.25) is 0 Å². The van der Waals surface area contributed by atoms with Crippen molar-refractivity contribution < 1.29 is 24.7 Å². The van der Waals surface area contributed by atoms with Crippen LogP contribution in [0, 0.1) is 10.1 Å². The van der Waals surface area contributed by atoms with E-state index in [1.807, 2.05) is 20.8 Å². The van der Waals surface area contributed by atoms with Crippen molar-refractivity contribution in [1.82, 2.24) is 5.32 Å². The van der Waals surface area contributed by atoms with Crippen LogP contribution in [0.3, 0.4) is 0 Å². The number of nitro groups is 1. The minimum atomic E-state index is -2.11. The molecule has 0 aromatic heterocycles. The fourth-order valence-corrected chi connectivity index (χ4v) is 1.90. The summed E-state index contributed by atoms with van der Waals surface area (Å²) in [6.07, 6.45) is 0. The first kappa shape index (κ1) is 19.4. The molecule has 9 heteroatoms. The molecule has 0 radical (unpaired) electrons.